The molecule has 2 heteroatoms. The Hall–Kier alpha value is -2.22. The van der Waals surface area contributed by atoms with Crippen LogP contribution >= 0.6 is 0 Å². The van der Waals surface area contributed by atoms with E-state index < -0.39 is 0 Å². The summed E-state index contributed by atoms with van der Waals surface area (Å²) in [6.07, 6.45) is 2.19. The van der Waals surface area contributed by atoms with E-state index in [0.717, 1.165) is 0 Å². The number of para-hydroxylation sites is 1. The summed E-state index contributed by atoms with van der Waals surface area (Å²) in [5.74, 6) is 1.22. The largest absolute Gasteiger partial charge is 0.363 e. The summed E-state index contributed by atoms with van der Waals surface area (Å²) in [5.41, 5.74) is 1.19. The number of hydrogen-bond acceptors (Lipinski definition) is 1. The number of fused-ring (bicyclic) bond motifs is 1. The molecule has 0 atom stereocenters. The number of aromatic nitrogens is 1. The van der Waals surface area contributed by atoms with Crippen LogP contribution in [0.1, 0.15) is 0 Å². The zero-order valence-corrected chi connectivity index (χ0v) is 10.7. The molecule has 0 fully saturated rings. The molecular formula is C16H16N2. The van der Waals surface area contributed by atoms with Gasteiger partial charge in [0.2, 0.25) is 0 Å². The Kier molecular flexibility index (Phi) is 2.56. The van der Waals surface area contributed by atoms with E-state index in [0.29, 0.717) is 0 Å². The highest BCUT2D eigenvalue weighted by Gasteiger charge is 2.11. The molecule has 0 N–H and O–H groups in total. The van der Waals surface area contributed by atoms with Crippen LogP contribution in [-0.4, -0.2) is 18.7 Å². The van der Waals surface area contributed by atoms with Crippen molar-refractivity contribution < 1.29 is 0 Å². The zero-order valence-electron chi connectivity index (χ0n) is 10.7. The quantitative estimate of drug-likeness (QED) is 0.658. The van der Waals surface area contributed by atoms with Crippen molar-refractivity contribution in [2.45, 2.75) is 0 Å². The molecule has 1 aromatic heterocycles. The number of hydrogen-bond donors (Lipinski definition) is 0. The molecule has 0 amide bonds. The number of anilines is 1. The molecule has 90 valence electrons. The second kappa shape index (κ2) is 4.22. The maximum Gasteiger partial charge on any atom is 0.120 e. The third-order valence-electron chi connectivity index (χ3n) is 3.16. The standard InChI is InChI=1S/C16H16N2/c1-17(2)16-15-11-7-6-8-13(15)12-18(16)14-9-4-3-5-10-14/h3-12H,1-2H3. The molecule has 0 bridgehead atoms. The van der Waals surface area contributed by atoms with Crippen molar-refractivity contribution in [2.75, 3.05) is 19.0 Å². The number of benzene rings is 2. The van der Waals surface area contributed by atoms with Gasteiger partial charge in [0.25, 0.3) is 0 Å². The predicted molar refractivity (Wildman–Crippen MR) is 77.6 cm³/mol. The van der Waals surface area contributed by atoms with E-state index in [-0.39, 0.29) is 0 Å². The van der Waals surface area contributed by atoms with Gasteiger partial charge in [-0.05, 0) is 12.1 Å². The van der Waals surface area contributed by atoms with Crippen molar-refractivity contribution in [1.29, 1.82) is 0 Å². The fraction of sp³-hybridized carbons (Fsp3) is 0.125. The first-order valence-corrected chi connectivity index (χ1v) is 6.10. The lowest BCUT2D eigenvalue weighted by molar-refractivity contribution is 0.992. The molecule has 18 heavy (non-hydrogen) atoms. The molecule has 3 aromatic rings. The summed E-state index contributed by atoms with van der Waals surface area (Å²) in [7, 11) is 4.17. The van der Waals surface area contributed by atoms with Gasteiger partial charge in [0.1, 0.15) is 5.82 Å². The van der Waals surface area contributed by atoms with Crippen molar-refractivity contribution in [3.8, 4) is 5.69 Å². The van der Waals surface area contributed by atoms with Crippen LogP contribution in [0, 0.1) is 0 Å². The molecule has 0 unspecified atom stereocenters. The van der Waals surface area contributed by atoms with Gasteiger partial charge in [0, 0.05) is 36.8 Å². The monoisotopic (exact) mass is 236 g/mol. The van der Waals surface area contributed by atoms with Gasteiger partial charge in [-0.25, -0.2) is 0 Å². The Labute approximate surface area is 107 Å². The Bertz CT molecular complexity index is 666. The smallest absolute Gasteiger partial charge is 0.120 e. The minimum atomic E-state index is 1.19. The van der Waals surface area contributed by atoms with Crippen LogP contribution in [0.5, 0.6) is 0 Å². The van der Waals surface area contributed by atoms with E-state index in [1.165, 1.54) is 22.3 Å². The first-order valence-electron chi connectivity index (χ1n) is 6.10. The van der Waals surface area contributed by atoms with Gasteiger partial charge in [-0.1, -0.05) is 42.5 Å². The maximum atomic E-state index is 2.24. The molecule has 1 heterocycles. The van der Waals surface area contributed by atoms with E-state index in [2.05, 4.69) is 78.3 Å². The highest BCUT2D eigenvalue weighted by atomic mass is 15.2. The molecule has 0 saturated heterocycles. The topological polar surface area (TPSA) is 8.17 Å². The van der Waals surface area contributed by atoms with Crippen LogP contribution in [0.4, 0.5) is 5.82 Å². The predicted octanol–water partition coefficient (Wildman–Crippen LogP) is 3.70. The lowest BCUT2D eigenvalue weighted by Crippen LogP contribution is -2.13. The van der Waals surface area contributed by atoms with E-state index in [9.17, 15) is 0 Å². The van der Waals surface area contributed by atoms with Gasteiger partial charge < -0.3 is 9.47 Å². The second-order valence-corrected chi connectivity index (χ2v) is 4.64. The SMILES string of the molecule is CN(C)c1c2ccccc2cn1-c1ccccc1. The average molecular weight is 236 g/mol. The summed E-state index contributed by atoms with van der Waals surface area (Å²) in [5, 5.41) is 2.55. The van der Waals surface area contributed by atoms with Crippen LogP contribution in [0.15, 0.2) is 60.8 Å². The van der Waals surface area contributed by atoms with Crippen LogP contribution in [-0.2, 0) is 0 Å². The van der Waals surface area contributed by atoms with E-state index in [1.807, 2.05) is 6.07 Å². The summed E-state index contributed by atoms with van der Waals surface area (Å²) in [6.45, 7) is 0. The maximum absolute atomic E-state index is 2.24. The lowest BCUT2D eigenvalue weighted by Gasteiger charge is -2.17. The van der Waals surface area contributed by atoms with Gasteiger partial charge >= 0.3 is 0 Å². The van der Waals surface area contributed by atoms with Gasteiger partial charge in [-0.2, -0.15) is 0 Å². The molecular weight excluding hydrogens is 220 g/mol. The Morgan fingerprint density at radius 1 is 0.833 bits per heavy atom. The first kappa shape index (κ1) is 10.9. The van der Waals surface area contributed by atoms with Crippen molar-refractivity contribution in [1.82, 2.24) is 4.57 Å². The molecule has 0 aliphatic carbocycles. The van der Waals surface area contributed by atoms with Gasteiger partial charge in [0.15, 0.2) is 0 Å². The third kappa shape index (κ3) is 1.66. The van der Waals surface area contributed by atoms with Gasteiger partial charge in [0.05, 0.1) is 0 Å². The van der Waals surface area contributed by atoms with Crippen LogP contribution < -0.4 is 4.90 Å². The molecule has 0 spiro atoms. The minimum Gasteiger partial charge on any atom is -0.363 e. The minimum absolute atomic E-state index is 1.19. The Morgan fingerprint density at radius 2 is 1.50 bits per heavy atom. The van der Waals surface area contributed by atoms with E-state index in [4.69, 9.17) is 0 Å². The molecule has 0 radical (unpaired) electrons. The van der Waals surface area contributed by atoms with Gasteiger partial charge in [-0.15, -0.1) is 0 Å². The first-order chi connectivity index (χ1) is 8.77. The van der Waals surface area contributed by atoms with Crippen molar-refractivity contribution in [3.63, 3.8) is 0 Å². The van der Waals surface area contributed by atoms with Gasteiger partial charge in [-0.3, -0.25) is 0 Å². The van der Waals surface area contributed by atoms with Crippen LogP contribution in [0.2, 0.25) is 0 Å². The molecule has 3 rings (SSSR count). The van der Waals surface area contributed by atoms with E-state index in [1.54, 1.807) is 0 Å². The lowest BCUT2D eigenvalue weighted by atomic mass is 10.2. The van der Waals surface area contributed by atoms with E-state index >= 15 is 0 Å². The normalized spacial score (nSPS) is 10.8. The highest BCUT2D eigenvalue weighted by Crippen LogP contribution is 2.30. The zero-order chi connectivity index (χ0) is 12.5. The summed E-state index contributed by atoms with van der Waals surface area (Å²) >= 11 is 0. The molecule has 2 nitrogen and oxygen atoms in total. The molecule has 0 saturated carbocycles. The Morgan fingerprint density at radius 3 is 2.22 bits per heavy atom. The third-order valence-corrected chi connectivity index (χ3v) is 3.16. The number of rotatable bonds is 2. The number of nitrogens with zero attached hydrogens (tertiary/aromatic N) is 2. The second-order valence-electron chi connectivity index (χ2n) is 4.64. The van der Waals surface area contributed by atoms with Crippen LogP contribution in [0.25, 0.3) is 16.5 Å². The fourth-order valence-corrected chi connectivity index (χ4v) is 2.39. The van der Waals surface area contributed by atoms with Crippen molar-refractivity contribution in [2.24, 2.45) is 0 Å². The summed E-state index contributed by atoms with van der Waals surface area (Å²) in [4.78, 5) is 2.16. The van der Waals surface area contributed by atoms with Crippen LogP contribution in [0.3, 0.4) is 0 Å². The summed E-state index contributed by atoms with van der Waals surface area (Å²) < 4.78 is 2.24. The van der Waals surface area contributed by atoms with Crippen molar-refractivity contribution >= 4 is 16.6 Å². The average Bonchev–Trinajstić information content (AvgIpc) is 2.79. The fourth-order valence-electron chi connectivity index (χ4n) is 2.39. The summed E-state index contributed by atoms with van der Waals surface area (Å²) in [6, 6.07) is 18.9. The molecule has 0 aliphatic rings. The molecule has 0 aliphatic heterocycles. The Balaban J connectivity index is 2.32. The highest BCUT2D eigenvalue weighted by molar-refractivity contribution is 5.94. The van der Waals surface area contributed by atoms with Crippen molar-refractivity contribution in [3.05, 3.63) is 60.8 Å². The molecule has 2 aromatic carbocycles.